The Bertz CT molecular complexity index is 469. The quantitative estimate of drug-likeness (QED) is 0.770. The summed E-state index contributed by atoms with van der Waals surface area (Å²) in [5.74, 6) is -2.15. The standard InChI is InChI=1S/C14H17NO4/c16-8-9-4-6-10(7-5-9)15-13(17)11-2-1-3-12(11)14(18)19/h4-7,11-12,16H,1-3,8H2,(H,15,17)(H,18,19). The van der Waals surface area contributed by atoms with Crippen LogP contribution in [0.15, 0.2) is 24.3 Å². The first-order valence-electron chi connectivity index (χ1n) is 6.35. The molecule has 0 saturated heterocycles. The molecule has 1 aliphatic rings. The van der Waals surface area contributed by atoms with Crippen molar-refractivity contribution in [3.8, 4) is 0 Å². The Hall–Kier alpha value is -1.88. The lowest BCUT2D eigenvalue weighted by Crippen LogP contribution is -2.29. The van der Waals surface area contributed by atoms with Crippen LogP contribution in [0.25, 0.3) is 0 Å². The van der Waals surface area contributed by atoms with Crippen molar-refractivity contribution in [2.45, 2.75) is 25.9 Å². The van der Waals surface area contributed by atoms with E-state index in [2.05, 4.69) is 5.32 Å². The number of aliphatic carboxylic acids is 1. The number of aliphatic hydroxyl groups excluding tert-OH is 1. The van der Waals surface area contributed by atoms with Crippen LogP contribution in [0.4, 0.5) is 5.69 Å². The summed E-state index contributed by atoms with van der Waals surface area (Å²) < 4.78 is 0. The number of rotatable bonds is 4. The lowest BCUT2D eigenvalue weighted by Gasteiger charge is -2.15. The topological polar surface area (TPSA) is 86.6 Å². The molecule has 1 aromatic carbocycles. The number of aliphatic hydroxyl groups is 1. The number of carboxylic acid groups (broad SMARTS) is 1. The monoisotopic (exact) mass is 263 g/mol. The molecule has 2 unspecified atom stereocenters. The molecule has 0 aliphatic heterocycles. The van der Waals surface area contributed by atoms with Crippen molar-refractivity contribution in [1.82, 2.24) is 0 Å². The predicted molar refractivity (Wildman–Crippen MR) is 69.5 cm³/mol. The van der Waals surface area contributed by atoms with Crippen molar-refractivity contribution in [2.75, 3.05) is 5.32 Å². The fourth-order valence-corrected chi connectivity index (χ4v) is 2.50. The van der Waals surface area contributed by atoms with Gasteiger partial charge < -0.3 is 15.5 Å². The van der Waals surface area contributed by atoms with Crippen molar-refractivity contribution in [3.63, 3.8) is 0 Å². The third-order valence-electron chi connectivity index (χ3n) is 3.57. The van der Waals surface area contributed by atoms with Crippen molar-refractivity contribution in [3.05, 3.63) is 29.8 Å². The van der Waals surface area contributed by atoms with E-state index in [1.807, 2.05) is 0 Å². The van der Waals surface area contributed by atoms with Crippen molar-refractivity contribution >= 4 is 17.6 Å². The molecule has 0 radical (unpaired) electrons. The zero-order chi connectivity index (χ0) is 13.8. The number of anilines is 1. The highest BCUT2D eigenvalue weighted by atomic mass is 16.4. The average Bonchev–Trinajstić information content (AvgIpc) is 2.89. The minimum Gasteiger partial charge on any atom is -0.481 e. The summed E-state index contributed by atoms with van der Waals surface area (Å²) in [5.41, 5.74) is 1.39. The van der Waals surface area contributed by atoms with Crippen LogP contribution in [-0.4, -0.2) is 22.1 Å². The SMILES string of the molecule is O=C(O)C1CCCC1C(=O)Nc1ccc(CO)cc1. The van der Waals surface area contributed by atoms with Crippen molar-refractivity contribution in [1.29, 1.82) is 0 Å². The van der Waals surface area contributed by atoms with Gasteiger partial charge in [0.05, 0.1) is 18.4 Å². The first-order chi connectivity index (χ1) is 9.11. The molecular formula is C14H17NO4. The van der Waals surface area contributed by atoms with E-state index in [1.54, 1.807) is 24.3 Å². The molecule has 5 heteroatoms. The Kier molecular flexibility index (Phi) is 4.16. The van der Waals surface area contributed by atoms with Gasteiger partial charge in [-0.3, -0.25) is 9.59 Å². The van der Waals surface area contributed by atoms with Gasteiger partial charge in [0.25, 0.3) is 0 Å². The predicted octanol–water partition coefficient (Wildman–Crippen LogP) is 1.62. The van der Waals surface area contributed by atoms with Crippen LogP contribution in [0, 0.1) is 11.8 Å². The van der Waals surface area contributed by atoms with E-state index in [9.17, 15) is 9.59 Å². The van der Waals surface area contributed by atoms with Crippen molar-refractivity contribution in [2.24, 2.45) is 11.8 Å². The van der Waals surface area contributed by atoms with E-state index < -0.39 is 17.8 Å². The normalized spacial score (nSPS) is 22.2. The molecule has 0 bridgehead atoms. The number of hydrogen-bond acceptors (Lipinski definition) is 3. The smallest absolute Gasteiger partial charge is 0.307 e. The van der Waals surface area contributed by atoms with Gasteiger partial charge in [-0.2, -0.15) is 0 Å². The van der Waals surface area contributed by atoms with Crippen LogP contribution >= 0.6 is 0 Å². The average molecular weight is 263 g/mol. The molecule has 0 spiro atoms. The highest BCUT2D eigenvalue weighted by Crippen LogP contribution is 2.32. The molecule has 0 aromatic heterocycles. The third kappa shape index (κ3) is 3.12. The molecule has 1 aliphatic carbocycles. The Labute approximate surface area is 111 Å². The molecule has 19 heavy (non-hydrogen) atoms. The van der Waals surface area contributed by atoms with Crippen LogP contribution in [0.1, 0.15) is 24.8 Å². The van der Waals surface area contributed by atoms with Gasteiger partial charge in [-0.1, -0.05) is 18.6 Å². The zero-order valence-electron chi connectivity index (χ0n) is 10.5. The number of carbonyl (C=O) groups is 2. The van der Waals surface area contributed by atoms with E-state index in [0.717, 1.165) is 12.0 Å². The molecule has 1 fully saturated rings. The second-order valence-corrected chi connectivity index (χ2v) is 4.83. The number of carboxylic acids is 1. The molecule has 5 nitrogen and oxygen atoms in total. The van der Waals surface area contributed by atoms with Gasteiger partial charge in [-0.05, 0) is 30.5 Å². The van der Waals surface area contributed by atoms with Gasteiger partial charge >= 0.3 is 5.97 Å². The molecule has 3 N–H and O–H groups in total. The van der Waals surface area contributed by atoms with Crippen LogP contribution in [0.2, 0.25) is 0 Å². The number of carbonyl (C=O) groups excluding carboxylic acids is 1. The molecule has 2 atom stereocenters. The van der Waals surface area contributed by atoms with Crippen LogP contribution in [-0.2, 0) is 16.2 Å². The molecule has 1 saturated carbocycles. The van der Waals surface area contributed by atoms with Gasteiger partial charge in [-0.15, -0.1) is 0 Å². The maximum absolute atomic E-state index is 12.1. The second-order valence-electron chi connectivity index (χ2n) is 4.83. The molecular weight excluding hydrogens is 246 g/mol. The fourth-order valence-electron chi connectivity index (χ4n) is 2.50. The number of amides is 1. The largest absolute Gasteiger partial charge is 0.481 e. The Morgan fingerprint density at radius 1 is 1.16 bits per heavy atom. The van der Waals surface area contributed by atoms with E-state index in [0.29, 0.717) is 18.5 Å². The highest BCUT2D eigenvalue weighted by molar-refractivity contribution is 5.95. The number of hydrogen-bond donors (Lipinski definition) is 3. The minimum absolute atomic E-state index is 0.0437. The summed E-state index contributed by atoms with van der Waals surface area (Å²) >= 11 is 0. The molecule has 102 valence electrons. The van der Waals surface area contributed by atoms with Gasteiger partial charge in [0.1, 0.15) is 0 Å². The molecule has 1 aromatic rings. The molecule has 0 heterocycles. The van der Waals surface area contributed by atoms with Crippen molar-refractivity contribution < 1.29 is 19.8 Å². The maximum Gasteiger partial charge on any atom is 0.307 e. The lowest BCUT2D eigenvalue weighted by molar-refractivity contribution is -0.145. The Morgan fingerprint density at radius 3 is 2.37 bits per heavy atom. The third-order valence-corrected chi connectivity index (χ3v) is 3.57. The van der Waals surface area contributed by atoms with Crippen LogP contribution in [0.3, 0.4) is 0 Å². The minimum atomic E-state index is -0.895. The fraction of sp³-hybridized carbons (Fsp3) is 0.429. The summed E-state index contributed by atoms with van der Waals surface area (Å²) in [5, 5.41) is 20.7. The van der Waals surface area contributed by atoms with Gasteiger partial charge in [0.15, 0.2) is 0 Å². The molecule has 2 rings (SSSR count). The number of nitrogens with one attached hydrogen (secondary N) is 1. The van der Waals surface area contributed by atoms with E-state index in [1.165, 1.54) is 0 Å². The molecule has 1 amide bonds. The maximum atomic E-state index is 12.1. The summed E-state index contributed by atoms with van der Waals surface area (Å²) in [6.07, 6.45) is 1.97. The van der Waals surface area contributed by atoms with Gasteiger partial charge in [0, 0.05) is 5.69 Å². The Morgan fingerprint density at radius 2 is 1.79 bits per heavy atom. The van der Waals surface area contributed by atoms with E-state index >= 15 is 0 Å². The van der Waals surface area contributed by atoms with E-state index in [-0.39, 0.29) is 12.5 Å². The summed E-state index contributed by atoms with van der Waals surface area (Å²) in [4.78, 5) is 23.1. The Balaban J connectivity index is 2.01. The summed E-state index contributed by atoms with van der Waals surface area (Å²) in [6.45, 7) is -0.0437. The summed E-state index contributed by atoms with van der Waals surface area (Å²) in [7, 11) is 0. The zero-order valence-corrected chi connectivity index (χ0v) is 10.5. The van der Waals surface area contributed by atoms with Gasteiger partial charge in [0.2, 0.25) is 5.91 Å². The summed E-state index contributed by atoms with van der Waals surface area (Å²) in [6, 6.07) is 6.85. The first kappa shape index (κ1) is 13.5. The highest BCUT2D eigenvalue weighted by Gasteiger charge is 2.37. The van der Waals surface area contributed by atoms with Crippen LogP contribution in [0.5, 0.6) is 0 Å². The van der Waals surface area contributed by atoms with Gasteiger partial charge in [-0.25, -0.2) is 0 Å². The second kappa shape index (κ2) is 5.84. The van der Waals surface area contributed by atoms with E-state index in [4.69, 9.17) is 10.2 Å². The lowest BCUT2D eigenvalue weighted by atomic mass is 9.95. The number of benzene rings is 1. The van der Waals surface area contributed by atoms with Crippen LogP contribution < -0.4 is 5.32 Å². The first-order valence-corrected chi connectivity index (χ1v) is 6.35.